The summed E-state index contributed by atoms with van der Waals surface area (Å²) in [4.78, 5) is 15.0. The van der Waals surface area contributed by atoms with Crippen LogP contribution >= 0.6 is 0 Å². The molecule has 0 atom stereocenters. The van der Waals surface area contributed by atoms with Crippen molar-refractivity contribution < 1.29 is 9.90 Å². The number of carbonyl (C=O) groups is 1. The van der Waals surface area contributed by atoms with E-state index in [4.69, 9.17) is 0 Å². The maximum atomic E-state index is 13.0. The maximum absolute atomic E-state index is 13.0. The van der Waals surface area contributed by atoms with Gasteiger partial charge in [-0.25, -0.2) is 0 Å². The number of hydrogen-bond acceptors (Lipinski definition) is 2. The predicted molar refractivity (Wildman–Crippen MR) is 78.4 cm³/mol. The van der Waals surface area contributed by atoms with Gasteiger partial charge in [-0.1, -0.05) is 36.8 Å². The molecule has 1 N–H and O–H groups in total. The number of carbonyl (C=O) groups excluding carboxylic acids is 1. The Bertz CT molecular complexity index is 459. The number of benzene rings is 1. The second-order valence-electron chi connectivity index (χ2n) is 6.22. The van der Waals surface area contributed by atoms with Crippen LogP contribution in [0.15, 0.2) is 30.3 Å². The first kappa shape index (κ1) is 13.6. The van der Waals surface area contributed by atoms with Gasteiger partial charge in [0.25, 0.3) is 0 Å². The summed E-state index contributed by atoms with van der Waals surface area (Å²) in [7, 11) is 0. The second kappa shape index (κ2) is 5.57. The molecule has 20 heavy (non-hydrogen) atoms. The van der Waals surface area contributed by atoms with Crippen molar-refractivity contribution in [2.45, 2.75) is 37.5 Å². The van der Waals surface area contributed by atoms with E-state index in [0.29, 0.717) is 11.8 Å². The summed E-state index contributed by atoms with van der Waals surface area (Å²) >= 11 is 0. The van der Waals surface area contributed by atoms with Crippen LogP contribution in [0.4, 0.5) is 0 Å². The third kappa shape index (κ3) is 2.24. The summed E-state index contributed by atoms with van der Waals surface area (Å²) in [6.45, 7) is 1.86. The summed E-state index contributed by atoms with van der Waals surface area (Å²) in [5, 5.41) is 9.21. The fourth-order valence-electron chi connectivity index (χ4n) is 3.53. The molecule has 1 aromatic carbocycles. The topological polar surface area (TPSA) is 40.5 Å². The number of amides is 1. The van der Waals surface area contributed by atoms with Crippen LogP contribution in [0.1, 0.15) is 37.7 Å². The quantitative estimate of drug-likeness (QED) is 0.918. The zero-order valence-electron chi connectivity index (χ0n) is 11.9. The van der Waals surface area contributed by atoms with Gasteiger partial charge in [-0.2, -0.15) is 0 Å². The Morgan fingerprint density at radius 1 is 1.20 bits per heavy atom. The van der Waals surface area contributed by atoms with Crippen molar-refractivity contribution >= 4 is 5.91 Å². The highest BCUT2D eigenvalue weighted by Gasteiger charge is 2.47. The lowest BCUT2D eigenvalue weighted by Crippen LogP contribution is -2.53. The number of rotatable bonds is 3. The second-order valence-corrected chi connectivity index (χ2v) is 6.22. The van der Waals surface area contributed by atoms with E-state index in [-0.39, 0.29) is 12.0 Å². The zero-order chi connectivity index (χ0) is 14.0. The van der Waals surface area contributed by atoms with Crippen LogP contribution in [0.5, 0.6) is 0 Å². The van der Waals surface area contributed by atoms with Gasteiger partial charge in [0.2, 0.25) is 5.91 Å². The van der Waals surface area contributed by atoms with E-state index in [0.717, 1.165) is 45.2 Å². The smallest absolute Gasteiger partial charge is 0.233 e. The molecule has 0 radical (unpaired) electrons. The Hall–Kier alpha value is -1.35. The number of likely N-dealkylation sites (tertiary alicyclic amines) is 1. The first-order valence-corrected chi connectivity index (χ1v) is 7.72. The number of nitrogens with zero attached hydrogens (tertiary/aromatic N) is 1. The first-order valence-electron chi connectivity index (χ1n) is 7.72. The van der Waals surface area contributed by atoms with Gasteiger partial charge in [-0.15, -0.1) is 0 Å². The van der Waals surface area contributed by atoms with E-state index >= 15 is 0 Å². The van der Waals surface area contributed by atoms with Crippen molar-refractivity contribution in [3.8, 4) is 0 Å². The molecule has 1 saturated carbocycles. The third-order valence-corrected chi connectivity index (χ3v) is 5.10. The van der Waals surface area contributed by atoms with Gasteiger partial charge in [-0.05, 0) is 37.2 Å². The zero-order valence-corrected chi connectivity index (χ0v) is 11.9. The average molecular weight is 273 g/mol. The lowest BCUT2D eigenvalue weighted by molar-refractivity contribution is -0.142. The van der Waals surface area contributed by atoms with Crippen molar-refractivity contribution in [2.75, 3.05) is 19.7 Å². The summed E-state index contributed by atoms with van der Waals surface area (Å²) in [5.74, 6) is 0.694. The number of aliphatic hydroxyl groups is 1. The molecule has 0 spiro atoms. The van der Waals surface area contributed by atoms with Gasteiger partial charge in [0.1, 0.15) is 0 Å². The van der Waals surface area contributed by atoms with Crippen molar-refractivity contribution in [1.29, 1.82) is 0 Å². The fraction of sp³-hybridized carbons (Fsp3) is 0.588. The minimum Gasteiger partial charge on any atom is -0.396 e. The third-order valence-electron chi connectivity index (χ3n) is 5.10. The molecule has 3 heteroatoms. The first-order chi connectivity index (χ1) is 9.76. The molecule has 3 rings (SSSR count). The van der Waals surface area contributed by atoms with E-state index in [1.165, 1.54) is 5.56 Å². The van der Waals surface area contributed by atoms with Crippen LogP contribution in [0, 0.1) is 5.92 Å². The number of hydrogen-bond donors (Lipinski definition) is 1. The highest BCUT2D eigenvalue weighted by Crippen LogP contribution is 2.45. The van der Waals surface area contributed by atoms with Crippen LogP contribution in [-0.2, 0) is 10.2 Å². The van der Waals surface area contributed by atoms with Gasteiger partial charge in [0, 0.05) is 19.7 Å². The van der Waals surface area contributed by atoms with Gasteiger partial charge >= 0.3 is 0 Å². The van der Waals surface area contributed by atoms with E-state index in [2.05, 4.69) is 12.1 Å². The molecule has 0 bridgehead atoms. The van der Waals surface area contributed by atoms with Gasteiger partial charge < -0.3 is 10.0 Å². The number of aliphatic hydroxyl groups excluding tert-OH is 1. The molecule has 1 aromatic rings. The molecule has 0 unspecified atom stereocenters. The van der Waals surface area contributed by atoms with Crippen molar-refractivity contribution in [3.05, 3.63) is 35.9 Å². The molecule has 1 amide bonds. The van der Waals surface area contributed by atoms with E-state index in [1.54, 1.807) is 0 Å². The summed E-state index contributed by atoms with van der Waals surface area (Å²) in [6.07, 6.45) is 4.99. The van der Waals surface area contributed by atoms with E-state index in [9.17, 15) is 9.90 Å². The molecular formula is C17H23NO2. The molecule has 108 valence electrons. The molecule has 3 nitrogen and oxygen atoms in total. The average Bonchev–Trinajstić information content (AvgIpc) is 2.47. The predicted octanol–water partition coefficient (Wildman–Crippen LogP) is 2.34. The minimum absolute atomic E-state index is 0.256. The Balaban J connectivity index is 1.75. The van der Waals surface area contributed by atoms with Crippen LogP contribution in [0.25, 0.3) is 0 Å². The molecule has 2 fully saturated rings. The van der Waals surface area contributed by atoms with E-state index < -0.39 is 0 Å². The molecule has 0 aromatic heterocycles. The molecular weight excluding hydrogens is 250 g/mol. The SMILES string of the molecule is O=C(N1CCC(CO)CC1)C1(c2ccccc2)CCC1. The lowest BCUT2D eigenvalue weighted by Gasteiger charge is -2.45. The largest absolute Gasteiger partial charge is 0.396 e. The molecule has 2 aliphatic rings. The Kier molecular flexibility index (Phi) is 3.79. The van der Waals surface area contributed by atoms with Crippen molar-refractivity contribution in [3.63, 3.8) is 0 Å². The fourth-order valence-corrected chi connectivity index (χ4v) is 3.53. The van der Waals surface area contributed by atoms with Gasteiger partial charge in [0.15, 0.2) is 0 Å². The van der Waals surface area contributed by atoms with Crippen LogP contribution < -0.4 is 0 Å². The summed E-state index contributed by atoms with van der Waals surface area (Å²) in [5.41, 5.74) is 0.924. The van der Waals surface area contributed by atoms with Crippen LogP contribution in [0.2, 0.25) is 0 Å². The molecule has 1 aliphatic heterocycles. The molecule has 1 saturated heterocycles. The standard InChI is InChI=1S/C17H23NO2/c19-13-14-7-11-18(12-8-14)16(20)17(9-4-10-17)15-5-2-1-3-6-15/h1-3,5-6,14,19H,4,7-13H2. The minimum atomic E-state index is -0.257. The highest BCUT2D eigenvalue weighted by molar-refractivity contribution is 5.89. The molecule has 1 heterocycles. The summed E-state index contributed by atoms with van der Waals surface area (Å²) < 4.78 is 0. The maximum Gasteiger partial charge on any atom is 0.233 e. The number of piperidine rings is 1. The Morgan fingerprint density at radius 2 is 1.85 bits per heavy atom. The van der Waals surface area contributed by atoms with E-state index in [1.807, 2.05) is 23.1 Å². The lowest BCUT2D eigenvalue weighted by atomic mass is 9.63. The highest BCUT2D eigenvalue weighted by atomic mass is 16.3. The van der Waals surface area contributed by atoms with Crippen molar-refractivity contribution in [1.82, 2.24) is 4.90 Å². The van der Waals surface area contributed by atoms with Crippen molar-refractivity contribution in [2.24, 2.45) is 5.92 Å². The van der Waals surface area contributed by atoms with Gasteiger partial charge in [-0.3, -0.25) is 4.79 Å². The Morgan fingerprint density at radius 3 is 2.35 bits per heavy atom. The monoisotopic (exact) mass is 273 g/mol. The normalized spacial score (nSPS) is 22.4. The summed E-state index contributed by atoms with van der Waals surface area (Å²) in [6, 6.07) is 10.3. The Labute approximate surface area is 120 Å². The van der Waals surface area contributed by atoms with Gasteiger partial charge in [0.05, 0.1) is 5.41 Å². The van der Waals surface area contributed by atoms with Crippen LogP contribution in [0.3, 0.4) is 0 Å². The molecule has 1 aliphatic carbocycles. The van der Waals surface area contributed by atoms with Crippen LogP contribution in [-0.4, -0.2) is 35.6 Å².